The lowest BCUT2D eigenvalue weighted by Crippen LogP contribution is -2.50. The SMILES string of the molecule is Cc1ccc(C(=O)N2CCN(C(=O)Cc3cccs3)CC2)cc1. The summed E-state index contributed by atoms with van der Waals surface area (Å²) in [5.41, 5.74) is 1.86. The summed E-state index contributed by atoms with van der Waals surface area (Å²) in [6.45, 7) is 4.43. The van der Waals surface area contributed by atoms with Crippen molar-refractivity contribution in [3.05, 3.63) is 57.8 Å². The Morgan fingerprint density at radius 1 is 1.00 bits per heavy atom. The van der Waals surface area contributed by atoms with Crippen molar-refractivity contribution >= 4 is 23.2 Å². The molecule has 1 saturated heterocycles. The Bertz CT molecular complexity index is 672. The highest BCUT2D eigenvalue weighted by molar-refractivity contribution is 7.10. The monoisotopic (exact) mass is 328 g/mol. The van der Waals surface area contributed by atoms with Gasteiger partial charge in [-0.1, -0.05) is 23.8 Å². The molecule has 3 rings (SSSR count). The molecule has 1 aliphatic rings. The van der Waals surface area contributed by atoms with E-state index in [4.69, 9.17) is 0 Å². The number of hydrogen-bond acceptors (Lipinski definition) is 3. The molecule has 0 unspecified atom stereocenters. The van der Waals surface area contributed by atoms with Crippen molar-refractivity contribution in [1.82, 2.24) is 9.80 Å². The number of thiophene rings is 1. The van der Waals surface area contributed by atoms with Gasteiger partial charge in [0.1, 0.15) is 0 Å². The standard InChI is InChI=1S/C18H20N2O2S/c1-14-4-6-15(7-5-14)18(22)20-10-8-19(9-11-20)17(21)13-16-3-2-12-23-16/h2-7,12H,8-11,13H2,1H3. The van der Waals surface area contributed by atoms with Gasteiger partial charge in [-0.15, -0.1) is 11.3 Å². The molecule has 0 radical (unpaired) electrons. The average molecular weight is 328 g/mol. The van der Waals surface area contributed by atoms with Crippen molar-refractivity contribution < 1.29 is 9.59 Å². The molecule has 23 heavy (non-hydrogen) atoms. The number of benzene rings is 1. The second-order valence-corrected chi connectivity index (χ2v) is 6.83. The fraction of sp³-hybridized carbons (Fsp3) is 0.333. The van der Waals surface area contributed by atoms with E-state index in [2.05, 4.69) is 0 Å². The fourth-order valence-corrected chi connectivity index (χ4v) is 3.41. The molecule has 1 aromatic heterocycles. The summed E-state index contributed by atoms with van der Waals surface area (Å²) < 4.78 is 0. The van der Waals surface area contributed by atoms with Gasteiger partial charge in [0.05, 0.1) is 6.42 Å². The lowest BCUT2D eigenvalue weighted by Gasteiger charge is -2.34. The highest BCUT2D eigenvalue weighted by Gasteiger charge is 2.24. The van der Waals surface area contributed by atoms with Crippen LogP contribution in [0.25, 0.3) is 0 Å². The van der Waals surface area contributed by atoms with Crippen LogP contribution < -0.4 is 0 Å². The molecule has 0 atom stereocenters. The molecular formula is C18H20N2O2S. The number of amides is 2. The van der Waals surface area contributed by atoms with Gasteiger partial charge in [0.25, 0.3) is 5.91 Å². The van der Waals surface area contributed by atoms with E-state index >= 15 is 0 Å². The largest absolute Gasteiger partial charge is 0.339 e. The fourth-order valence-electron chi connectivity index (χ4n) is 2.71. The maximum absolute atomic E-state index is 12.5. The normalized spacial score (nSPS) is 14.8. The third-order valence-electron chi connectivity index (χ3n) is 4.12. The van der Waals surface area contributed by atoms with Gasteiger partial charge in [-0.3, -0.25) is 9.59 Å². The second-order valence-electron chi connectivity index (χ2n) is 5.80. The molecule has 120 valence electrons. The van der Waals surface area contributed by atoms with Gasteiger partial charge in [-0.25, -0.2) is 0 Å². The third-order valence-corrected chi connectivity index (χ3v) is 5.00. The van der Waals surface area contributed by atoms with Crippen LogP contribution in [-0.2, 0) is 11.2 Å². The number of carbonyl (C=O) groups excluding carboxylic acids is 2. The second kappa shape index (κ2) is 6.96. The van der Waals surface area contributed by atoms with Crippen molar-refractivity contribution in [3.8, 4) is 0 Å². The van der Waals surface area contributed by atoms with Crippen molar-refractivity contribution in [1.29, 1.82) is 0 Å². The van der Waals surface area contributed by atoms with Crippen LogP contribution in [0.2, 0.25) is 0 Å². The Morgan fingerprint density at radius 2 is 1.65 bits per heavy atom. The molecule has 0 N–H and O–H groups in total. The number of carbonyl (C=O) groups is 2. The van der Waals surface area contributed by atoms with Gasteiger partial charge in [-0.2, -0.15) is 0 Å². The first-order valence-electron chi connectivity index (χ1n) is 7.79. The van der Waals surface area contributed by atoms with Crippen LogP contribution in [0.3, 0.4) is 0 Å². The number of piperazine rings is 1. The van der Waals surface area contributed by atoms with Crippen LogP contribution in [0.1, 0.15) is 20.8 Å². The zero-order chi connectivity index (χ0) is 16.2. The molecule has 1 aliphatic heterocycles. The van der Waals surface area contributed by atoms with E-state index in [9.17, 15) is 9.59 Å². The first-order valence-corrected chi connectivity index (χ1v) is 8.67. The topological polar surface area (TPSA) is 40.6 Å². The van der Waals surface area contributed by atoms with Gasteiger partial charge in [0.2, 0.25) is 5.91 Å². The Labute approximate surface area is 140 Å². The van der Waals surface area contributed by atoms with Crippen molar-refractivity contribution in [2.24, 2.45) is 0 Å². The minimum Gasteiger partial charge on any atom is -0.339 e. The van der Waals surface area contributed by atoms with Crippen molar-refractivity contribution in [2.45, 2.75) is 13.3 Å². The van der Waals surface area contributed by atoms with E-state index in [1.165, 1.54) is 0 Å². The molecule has 0 bridgehead atoms. The maximum Gasteiger partial charge on any atom is 0.253 e. The van der Waals surface area contributed by atoms with Crippen LogP contribution in [0.5, 0.6) is 0 Å². The lowest BCUT2D eigenvalue weighted by molar-refractivity contribution is -0.131. The summed E-state index contributed by atoms with van der Waals surface area (Å²) in [6, 6.07) is 11.6. The van der Waals surface area contributed by atoms with Gasteiger partial charge in [0.15, 0.2) is 0 Å². The highest BCUT2D eigenvalue weighted by Crippen LogP contribution is 2.13. The zero-order valence-corrected chi connectivity index (χ0v) is 14.0. The van der Waals surface area contributed by atoms with Crippen molar-refractivity contribution in [3.63, 3.8) is 0 Å². The molecule has 2 heterocycles. The number of rotatable bonds is 3. The van der Waals surface area contributed by atoms with Gasteiger partial charge < -0.3 is 9.80 Å². The van der Waals surface area contributed by atoms with Gasteiger partial charge in [-0.05, 0) is 30.5 Å². The predicted molar refractivity (Wildman–Crippen MR) is 91.7 cm³/mol. The Morgan fingerprint density at radius 3 is 2.26 bits per heavy atom. The molecule has 2 aromatic rings. The van der Waals surface area contributed by atoms with E-state index in [-0.39, 0.29) is 11.8 Å². The zero-order valence-electron chi connectivity index (χ0n) is 13.2. The number of aryl methyl sites for hydroxylation is 1. The quantitative estimate of drug-likeness (QED) is 0.869. The molecule has 4 nitrogen and oxygen atoms in total. The van der Waals surface area contributed by atoms with E-state index in [0.717, 1.165) is 10.4 Å². The van der Waals surface area contributed by atoms with Gasteiger partial charge >= 0.3 is 0 Å². The summed E-state index contributed by atoms with van der Waals surface area (Å²) in [7, 11) is 0. The van der Waals surface area contributed by atoms with E-state index < -0.39 is 0 Å². The average Bonchev–Trinajstić information content (AvgIpc) is 3.08. The lowest BCUT2D eigenvalue weighted by atomic mass is 10.1. The molecule has 5 heteroatoms. The summed E-state index contributed by atoms with van der Waals surface area (Å²) in [5, 5.41) is 1.99. The minimum atomic E-state index is 0.0513. The third kappa shape index (κ3) is 3.79. The molecule has 0 spiro atoms. The molecular weight excluding hydrogens is 308 g/mol. The number of nitrogens with zero attached hydrogens (tertiary/aromatic N) is 2. The molecule has 0 aliphatic carbocycles. The molecule has 0 saturated carbocycles. The summed E-state index contributed by atoms with van der Waals surface area (Å²) >= 11 is 1.61. The van der Waals surface area contributed by atoms with E-state index in [1.807, 2.05) is 58.5 Å². The Kier molecular flexibility index (Phi) is 4.76. The Balaban J connectivity index is 1.54. The molecule has 1 fully saturated rings. The summed E-state index contributed by atoms with van der Waals surface area (Å²) in [5.74, 6) is 0.199. The summed E-state index contributed by atoms with van der Waals surface area (Å²) in [6.07, 6.45) is 0.462. The summed E-state index contributed by atoms with van der Waals surface area (Å²) in [4.78, 5) is 29.5. The maximum atomic E-state index is 12.5. The first-order chi connectivity index (χ1) is 11.1. The van der Waals surface area contributed by atoms with Gasteiger partial charge in [0, 0.05) is 36.6 Å². The van der Waals surface area contributed by atoms with Crippen LogP contribution in [0.15, 0.2) is 41.8 Å². The van der Waals surface area contributed by atoms with Crippen LogP contribution in [-0.4, -0.2) is 47.8 Å². The minimum absolute atomic E-state index is 0.0513. The molecule has 2 amide bonds. The van der Waals surface area contributed by atoms with Crippen LogP contribution in [0.4, 0.5) is 0 Å². The first kappa shape index (κ1) is 15.7. The van der Waals surface area contributed by atoms with E-state index in [1.54, 1.807) is 11.3 Å². The Hall–Kier alpha value is -2.14. The highest BCUT2D eigenvalue weighted by atomic mass is 32.1. The van der Waals surface area contributed by atoms with Crippen LogP contribution in [0, 0.1) is 6.92 Å². The predicted octanol–water partition coefficient (Wildman–Crippen LogP) is 2.58. The van der Waals surface area contributed by atoms with E-state index in [0.29, 0.717) is 38.2 Å². The molecule has 1 aromatic carbocycles. The van der Waals surface area contributed by atoms with Crippen LogP contribution >= 0.6 is 11.3 Å². The van der Waals surface area contributed by atoms with Crippen molar-refractivity contribution in [2.75, 3.05) is 26.2 Å². The number of hydrogen-bond donors (Lipinski definition) is 0. The smallest absolute Gasteiger partial charge is 0.253 e.